The van der Waals surface area contributed by atoms with Crippen LogP contribution < -0.4 is 0 Å². The van der Waals surface area contributed by atoms with Crippen LogP contribution in [0, 0.1) is 23.7 Å². The molecule has 0 aliphatic rings. The second kappa shape index (κ2) is 61.6. The van der Waals surface area contributed by atoms with E-state index in [9.17, 15) is 43.2 Å². The van der Waals surface area contributed by atoms with Gasteiger partial charge in [0.1, 0.15) is 19.3 Å². The molecule has 0 spiro atoms. The summed E-state index contributed by atoms with van der Waals surface area (Å²) in [6, 6.07) is 0. The van der Waals surface area contributed by atoms with Gasteiger partial charge in [-0.1, -0.05) is 306 Å². The molecule has 17 nitrogen and oxygen atoms in total. The first-order valence-corrected chi connectivity index (χ1v) is 40.2. The quantitative estimate of drug-likeness (QED) is 0.0222. The number of hydrogen-bond donors (Lipinski definition) is 3. The SMILES string of the molecule is CCC(C)CCCCCCCCCCC(=O)OC[C@H](COP(=O)(O)OCC(O)COP(=O)(O)OC[C@@H](COC(=O)CCCCCCCCCCC(C)C)OC(=O)CCCCCCCCCC(C)C)OC(=O)CCCCCCCCCCCCCCCCCC(C)C. The number of phosphoric acid groups is 2. The number of aliphatic hydroxyl groups excluding tert-OH is 1. The van der Waals surface area contributed by atoms with E-state index in [0.717, 1.165) is 108 Å². The lowest BCUT2D eigenvalue weighted by molar-refractivity contribution is -0.161. The van der Waals surface area contributed by atoms with E-state index < -0.39 is 97.5 Å². The average Bonchev–Trinajstić information content (AvgIpc) is 3.63. The highest BCUT2D eigenvalue weighted by Crippen LogP contribution is 2.45. The minimum atomic E-state index is -4.95. The van der Waals surface area contributed by atoms with Crippen LogP contribution in [0.3, 0.4) is 0 Å². The highest BCUT2D eigenvalue weighted by molar-refractivity contribution is 7.47. The number of carbonyl (C=O) groups is 4. The first-order chi connectivity index (χ1) is 43.6. The van der Waals surface area contributed by atoms with Gasteiger partial charge in [0.25, 0.3) is 0 Å². The maximum atomic E-state index is 13.0. The van der Waals surface area contributed by atoms with E-state index in [2.05, 4.69) is 55.4 Å². The lowest BCUT2D eigenvalue weighted by Gasteiger charge is -2.21. The summed E-state index contributed by atoms with van der Waals surface area (Å²) in [4.78, 5) is 72.6. The van der Waals surface area contributed by atoms with Crippen molar-refractivity contribution in [3.05, 3.63) is 0 Å². The summed E-state index contributed by atoms with van der Waals surface area (Å²) in [6.07, 6.45) is 44.5. The molecule has 0 heterocycles. The summed E-state index contributed by atoms with van der Waals surface area (Å²) >= 11 is 0. The molecule has 91 heavy (non-hydrogen) atoms. The molecule has 0 rings (SSSR count). The minimum Gasteiger partial charge on any atom is -0.462 e. The summed E-state index contributed by atoms with van der Waals surface area (Å²) in [7, 11) is -9.91. The van der Waals surface area contributed by atoms with Crippen LogP contribution in [0.5, 0.6) is 0 Å². The molecule has 0 aliphatic carbocycles. The Morgan fingerprint density at radius 2 is 0.527 bits per heavy atom. The van der Waals surface area contributed by atoms with Crippen LogP contribution in [0.2, 0.25) is 0 Å². The fourth-order valence-electron chi connectivity index (χ4n) is 10.8. The Bertz CT molecular complexity index is 1800. The first-order valence-electron chi connectivity index (χ1n) is 37.2. The van der Waals surface area contributed by atoms with E-state index in [0.29, 0.717) is 31.6 Å². The first kappa shape index (κ1) is 89.1. The van der Waals surface area contributed by atoms with Gasteiger partial charge in [0, 0.05) is 25.7 Å². The molecule has 0 aliphatic heterocycles. The number of carbonyl (C=O) groups excluding carboxylic acids is 4. The zero-order valence-electron chi connectivity index (χ0n) is 59.5. The third kappa shape index (κ3) is 65.1. The van der Waals surface area contributed by atoms with Gasteiger partial charge in [0.2, 0.25) is 0 Å². The average molecular weight is 1340 g/mol. The van der Waals surface area contributed by atoms with Crippen LogP contribution in [-0.4, -0.2) is 96.7 Å². The normalized spacial score (nSPS) is 14.5. The second-order valence-corrected chi connectivity index (χ2v) is 30.6. The van der Waals surface area contributed by atoms with Crippen molar-refractivity contribution in [1.82, 2.24) is 0 Å². The summed E-state index contributed by atoms with van der Waals surface area (Å²) < 4.78 is 68.3. The Morgan fingerprint density at radius 3 is 0.780 bits per heavy atom. The highest BCUT2D eigenvalue weighted by Gasteiger charge is 2.30. The van der Waals surface area contributed by atoms with Crippen molar-refractivity contribution in [1.29, 1.82) is 0 Å². The van der Waals surface area contributed by atoms with Gasteiger partial charge in [0.05, 0.1) is 26.4 Å². The lowest BCUT2D eigenvalue weighted by atomic mass is 9.99. The molecule has 0 fully saturated rings. The molecule has 4 unspecified atom stereocenters. The summed E-state index contributed by atoms with van der Waals surface area (Å²) in [6.45, 7) is 14.1. The molecule has 0 aromatic heterocycles. The zero-order chi connectivity index (χ0) is 67.5. The fraction of sp³-hybridized carbons (Fsp3) is 0.944. The van der Waals surface area contributed by atoms with Crippen molar-refractivity contribution in [3.8, 4) is 0 Å². The monoisotopic (exact) mass is 1340 g/mol. The number of esters is 4. The predicted molar refractivity (Wildman–Crippen MR) is 367 cm³/mol. The van der Waals surface area contributed by atoms with Crippen LogP contribution in [0.15, 0.2) is 0 Å². The van der Waals surface area contributed by atoms with Gasteiger partial charge in [0.15, 0.2) is 12.2 Å². The molecule has 540 valence electrons. The van der Waals surface area contributed by atoms with Crippen LogP contribution in [0.1, 0.15) is 357 Å². The highest BCUT2D eigenvalue weighted by atomic mass is 31.2. The molecule has 19 heteroatoms. The molecule has 0 aromatic rings. The van der Waals surface area contributed by atoms with Gasteiger partial charge in [-0.25, -0.2) is 9.13 Å². The molecule has 0 amide bonds. The third-order valence-corrected chi connectivity index (χ3v) is 18.8. The Kier molecular flexibility index (Phi) is 60.3. The fourth-order valence-corrected chi connectivity index (χ4v) is 12.4. The number of ether oxygens (including phenoxy) is 4. The van der Waals surface area contributed by atoms with E-state index in [4.69, 9.17) is 37.0 Å². The molecule has 0 aromatic carbocycles. The maximum Gasteiger partial charge on any atom is 0.472 e. The second-order valence-electron chi connectivity index (χ2n) is 27.6. The summed E-state index contributed by atoms with van der Waals surface area (Å²) in [5, 5.41) is 10.6. The van der Waals surface area contributed by atoms with E-state index >= 15 is 0 Å². The molecule has 0 saturated heterocycles. The molecule has 0 saturated carbocycles. The Balaban J connectivity index is 5.23. The number of hydrogen-bond acceptors (Lipinski definition) is 15. The van der Waals surface area contributed by atoms with Crippen molar-refractivity contribution in [3.63, 3.8) is 0 Å². The van der Waals surface area contributed by atoms with Crippen molar-refractivity contribution >= 4 is 39.5 Å². The minimum absolute atomic E-state index is 0.102. The third-order valence-electron chi connectivity index (χ3n) is 16.9. The molecule has 3 N–H and O–H groups in total. The van der Waals surface area contributed by atoms with Gasteiger partial charge in [-0.3, -0.25) is 37.3 Å². The number of aliphatic hydroxyl groups is 1. The summed E-state index contributed by atoms with van der Waals surface area (Å²) in [5.74, 6) is 0.873. The Morgan fingerprint density at radius 1 is 0.308 bits per heavy atom. The largest absolute Gasteiger partial charge is 0.472 e. The molecule has 0 radical (unpaired) electrons. The van der Waals surface area contributed by atoms with Crippen molar-refractivity contribution in [2.75, 3.05) is 39.6 Å². The maximum absolute atomic E-state index is 13.0. The zero-order valence-corrected chi connectivity index (χ0v) is 61.3. The van der Waals surface area contributed by atoms with Gasteiger partial charge < -0.3 is 33.8 Å². The van der Waals surface area contributed by atoms with E-state index in [-0.39, 0.29) is 25.7 Å². The molecule has 6 atom stereocenters. The van der Waals surface area contributed by atoms with E-state index in [1.807, 2.05) is 0 Å². The van der Waals surface area contributed by atoms with E-state index in [1.54, 1.807) is 0 Å². The van der Waals surface area contributed by atoms with E-state index in [1.165, 1.54) is 161 Å². The Labute approximate surface area is 556 Å². The van der Waals surface area contributed by atoms with Crippen LogP contribution in [0.25, 0.3) is 0 Å². The van der Waals surface area contributed by atoms with Crippen LogP contribution in [-0.2, 0) is 65.4 Å². The van der Waals surface area contributed by atoms with Gasteiger partial charge >= 0.3 is 39.5 Å². The smallest absolute Gasteiger partial charge is 0.462 e. The topological polar surface area (TPSA) is 237 Å². The van der Waals surface area contributed by atoms with Crippen LogP contribution >= 0.6 is 15.6 Å². The number of rotatable bonds is 69. The van der Waals surface area contributed by atoms with Crippen molar-refractivity contribution in [2.45, 2.75) is 375 Å². The molecular formula is C72H140O17P2. The Hall–Kier alpha value is -1.94. The van der Waals surface area contributed by atoms with Gasteiger partial charge in [-0.05, 0) is 49.4 Å². The van der Waals surface area contributed by atoms with Crippen molar-refractivity contribution in [2.24, 2.45) is 23.7 Å². The van der Waals surface area contributed by atoms with Gasteiger partial charge in [-0.15, -0.1) is 0 Å². The molecule has 0 bridgehead atoms. The number of unbranched alkanes of at least 4 members (excludes halogenated alkanes) is 34. The predicted octanol–water partition coefficient (Wildman–Crippen LogP) is 20.5. The van der Waals surface area contributed by atoms with Crippen molar-refractivity contribution < 1.29 is 80.2 Å². The summed E-state index contributed by atoms with van der Waals surface area (Å²) in [5.41, 5.74) is 0. The lowest BCUT2D eigenvalue weighted by Crippen LogP contribution is -2.30. The molecular weight excluding hydrogens is 1200 g/mol. The standard InChI is InChI=1S/C72H140O17P2/c1-9-65(8)51-43-35-27-20-22-29-37-45-53-70(75)83-58-67(88-71(76)54-46-38-30-18-16-14-12-10-11-13-15-17-24-32-40-48-62(2)3)60-86-90(78,79)84-56-66(73)57-85-91(80,81)87-61-68(89-72(77)55-47-39-31-23-26-34-42-50-64(6)7)59-82-69(74)52-44-36-28-21-19-25-33-41-49-63(4)5/h62-68,73H,9-61H2,1-8H3,(H,78,79)(H,80,81)/t65?,66?,67-,68-/m1/s1. The number of phosphoric ester groups is 2. The van der Waals surface area contributed by atoms with Crippen LogP contribution in [0.4, 0.5) is 0 Å². The van der Waals surface area contributed by atoms with Gasteiger partial charge in [-0.2, -0.15) is 0 Å².